The van der Waals surface area contributed by atoms with Crippen molar-refractivity contribution in [3.63, 3.8) is 0 Å². The minimum atomic E-state index is -0.00748. The Balaban J connectivity index is 1.77. The maximum Gasteiger partial charge on any atom is 0.261 e. The lowest BCUT2D eigenvalue weighted by molar-refractivity contribution is 0.0153. The molecule has 0 amide bonds. The summed E-state index contributed by atoms with van der Waals surface area (Å²) in [6, 6.07) is 4.18. The van der Waals surface area contributed by atoms with Crippen molar-refractivity contribution in [2.24, 2.45) is 0 Å². The molecule has 0 aliphatic carbocycles. The van der Waals surface area contributed by atoms with Gasteiger partial charge in [-0.25, -0.2) is 0 Å². The number of aromatic hydroxyl groups is 2. The minimum absolute atomic E-state index is 0.00748. The number of nitrogens with zero attached hydrogens (tertiary/aromatic N) is 2. The lowest BCUT2D eigenvalue weighted by Crippen LogP contribution is -2.21. The molecule has 0 bridgehead atoms. The van der Waals surface area contributed by atoms with Crippen molar-refractivity contribution in [1.29, 1.82) is 0 Å². The molecule has 0 spiro atoms. The Kier molecular flexibility index (Phi) is 3.56. The molecule has 1 aliphatic rings. The van der Waals surface area contributed by atoms with Crippen LogP contribution in [0.15, 0.2) is 22.7 Å². The van der Waals surface area contributed by atoms with Gasteiger partial charge in [-0.2, -0.15) is 4.98 Å². The van der Waals surface area contributed by atoms with Crippen LogP contribution in [-0.2, 0) is 11.2 Å². The van der Waals surface area contributed by atoms with E-state index in [2.05, 4.69) is 10.1 Å². The minimum Gasteiger partial charge on any atom is -0.508 e. The van der Waals surface area contributed by atoms with Gasteiger partial charge in [0.05, 0.1) is 11.7 Å². The van der Waals surface area contributed by atoms with Gasteiger partial charge >= 0.3 is 0 Å². The van der Waals surface area contributed by atoms with Crippen molar-refractivity contribution in [3.05, 3.63) is 24.0 Å². The van der Waals surface area contributed by atoms with Crippen LogP contribution < -0.4 is 0 Å². The van der Waals surface area contributed by atoms with Gasteiger partial charge in [0.15, 0.2) is 5.82 Å². The highest BCUT2D eigenvalue weighted by molar-refractivity contribution is 5.64. The number of phenolic OH excluding ortho intramolecular Hbond substituents is 2. The number of hydrogen-bond acceptors (Lipinski definition) is 6. The Morgan fingerprint density at radius 3 is 2.95 bits per heavy atom. The first-order chi connectivity index (χ1) is 9.72. The molecule has 1 saturated heterocycles. The summed E-state index contributed by atoms with van der Waals surface area (Å²) >= 11 is 0. The first-order valence-electron chi connectivity index (χ1n) is 6.69. The van der Waals surface area contributed by atoms with Gasteiger partial charge in [0, 0.05) is 13.0 Å². The second-order valence-electron chi connectivity index (χ2n) is 4.91. The van der Waals surface area contributed by atoms with Crippen LogP contribution >= 0.6 is 0 Å². The smallest absolute Gasteiger partial charge is 0.261 e. The van der Waals surface area contributed by atoms with E-state index in [0.717, 1.165) is 25.9 Å². The number of hydrogen-bond donors (Lipinski definition) is 2. The van der Waals surface area contributed by atoms with Crippen molar-refractivity contribution in [3.8, 4) is 23.0 Å². The van der Waals surface area contributed by atoms with Crippen LogP contribution in [0.3, 0.4) is 0 Å². The first-order valence-corrected chi connectivity index (χ1v) is 6.69. The molecule has 6 nitrogen and oxygen atoms in total. The third-order valence-corrected chi connectivity index (χ3v) is 3.36. The number of phenols is 2. The summed E-state index contributed by atoms with van der Waals surface area (Å²) in [6.45, 7) is 0.780. The van der Waals surface area contributed by atoms with E-state index in [-0.39, 0.29) is 23.5 Å². The standard InChI is InChI=1S/C14H16N2O4/c17-9-4-5-12(18)11(7-9)14-15-13(16-20-14)8-10-3-1-2-6-19-10/h4-5,7,10,17-18H,1-3,6,8H2. The van der Waals surface area contributed by atoms with E-state index in [9.17, 15) is 10.2 Å². The third kappa shape index (κ3) is 2.75. The lowest BCUT2D eigenvalue weighted by Gasteiger charge is -2.20. The Bertz CT molecular complexity index is 591. The normalized spacial score (nSPS) is 19.1. The molecular weight excluding hydrogens is 260 g/mol. The Labute approximate surface area is 116 Å². The molecule has 0 saturated carbocycles. The van der Waals surface area contributed by atoms with Crippen molar-refractivity contribution in [2.75, 3.05) is 6.61 Å². The predicted molar refractivity (Wildman–Crippen MR) is 70.4 cm³/mol. The summed E-state index contributed by atoms with van der Waals surface area (Å²) in [4.78, 5) is 4.25. The van der Waals surface area contributed by atoms with Crippen LogP contribution in [0.4, 0.5) is 0 Å². The topological polar surface area (TPSA) is 88.6 Å². The maximum absolute atomic E-state index is 9.76. The highest BCUT2D eigenvalue weighted by Gasteiger charge is 2.19. The van der Waals surface area contributed by atoms with E-state index in [1.165, 1.54) is 18.2 Å². The fraction of sp³-hybridized carbons (Fsp3) is 0.429. The van der Waals surface area contributed by atoms with Gasteiger partial charge in [0.2, 0.25) is 0 Å². The molecular formula is C14H16N2O4. The maximum atomic E-state index is 9.76. The number of benzene rings is 1. The molecule has 0 radical (unpaired) electrons. The van der Waals surface area contributed by atoms with Crippen molar-refractivity contribution >= 4 is 0 Å². The van der Waals surface area contributed by atoms with Gasteiger partial charge in [0.1, 0.15) is 11.5 Å². The molecule has 1 atom stereocenters. The van der Waals surface area contributed by atoms with Gasteiger partial charge in [-0.15, -0.1) is 0 Å². The number of ether oxygens (including phenoxy) is 1. The predicted octanol–water partition coefficient (Wildman–Crippen LogP) is 2.26. The summed E-state index contributed by atoms with van der Waals surface area (Å²) in [5.74, 6) is 0.777. The molecule has 1 unspecified atom stereocenters. The Morgan fingerprint density at radius 1 is 1.25 bits per heavy atom. The van der Waals surface area contributed by atoms with Crippen LogP contribution in [0.25, 0.3) is 11.5 Å². The van der Waals surface area contributed by atoms with Gasteiger partial charge in [-0.3, -0.25) is 0 Å². The molecule has 1 aromatic heterocycles. The van der Waals surface area contributed by atoms with Crippen molar-refractivity contribution < 1.29 is 19.5 Å². The highest BCUT2D eigenvalue weighted by atomic mass is 16.5. The molecule has 1 aromatic carbocycles. The molecule has 20 heavy (non-hydrogen) atoms. The number of rotatable bonds is 3. The average Bonchev–Trinajstić information content (AvgIpc) is 2.91. The zero-order valence-corrected chi connectivity index (χ0v) is 11.0. The van der Waals surface area contributed by atoms with E-state index >= 15 is 0 Å². The molecule has 2 aromatic rings. The Morgan fingerprint density at radius 2 is 2.15 bits per heavy atom. The van der Waals surface area contributed by atoms with Crippen LogP contribution in [0.2, 0.25) is 0 Å². The zero-order chi connectivity index (χ0) is 13.9. The molecule has 106 valence electrons. The highest BCUT2D eigenvalue weighted by Crippen LogP contribution is 2.31. The summed E-state index contributed by atoms with van der Waals surface area (Å²) in [7, 11) is 0. The summed E-state index contributed by atoms with van der Waals surface area (Å²) < 4.78 is 10.8. The quantitative estimate of drug-likeness (QED) is 0.836. The summed E-state index contributed by atoms with van der Waals surface area (Å²) in [6.07, 6.45) is 3.99. The van der Waals surface area contributed by atoms with Crippen LogP contribution in [0, 0.1) is 0 Å². The monoisotopic (exact) mass is 276 g/mol. The van der Waals surface area contributed by atoms with Crippen LogP contribution in [0.5, 0.6) is 11.5 Å². The molecule has 1 aliphatic heterocycles. The molecule has 1 fully saturated rings. The van der Waals surface area contributed by atoms with Crippen LogP contribution in [0.1, 0.15) is 25.1 Å². The van der Waals surface area contributed by atoms with Crippen LogP contribution in [-0.4, -0.2) is 33.1 Å². The molecule has 2 N–H and O–H groups in total. The van der Waals surface area contributed by atoms with E-state index in [0.29, 0.717) is 17.8 Å². The van der Waals surface area contributed by atoms with Crippen molar-refractivity contribution in [1.82, 2.24) is 10.1 Å². The first kappa shape index (κ1) is 12.9. The summed E-state index contributed by atoms with van der Waals surface area (Å²) in [5.41, 5.74) is 0.327. The van der Waals surface area contributed by atoms with E-state index in [1.807, 2.05) is 0 Å². The zero-order valence-electron chi connectivity index (χ0n) is 11.0. The van der Waals surface area contributed by atoms with Gasteiger partial charge in [-0.1, -0.05) is 5.16 Å². The molecule has 6 heteroatoms. The average molecular weight is 276 g/mol. The second kappa shape index (κ2) is 5.50. The molecule has 3 rings (SSSR count). The second-order valence-corrected chi connectivity index (χ2v) is 4.91. The van der Waals surface area contributed by atoms with Crippen molar-refractivity contribution in [2.45, 2.75) is 31.8 Å². The fourth-order valence-corrected chi connectivity index (χ4v) is 2.31. The lowest BCUT2D eigenvalue weighted by atomic mass is 10.1. The van der Waals surface area contributed by atoms with E-state index in [1.54, 1.807) is 0 Å². The molecule has 2 heterocycles. The SMILES string of the molecule is Oc1ccc(O)c(-c2nc(CC3CCCCO3)no2)c1. The third-order valence-electron chi connectivity index (χ3n) is 3.36. The number of aromatic nitrogens is 2. The van der Waals surface area contributed by atoms with E-state index in [4.69, 9.17) is 9.26 Å². The summed E-state index contributed by atoms with van der Waals surface area (Å²) in [5, 5.41) is 23.1. The Hall–Kier alpha value is -2.08. The van der Waals surface area contributed by atoms with Gasteiger partial charge < -0.3 is 19.5 Å². The largest absolute Gasteiger partial charge is 0.508 e. The van der Waals surface area contributed by atoms with Gasteiger partial charge in [0.25, 0.3) is 5.89 Å². The van der Waals surface area contributed by atoms with E-state index < -0.39 is 0 Å². The fourth-order valence-electron chi connectivity index (χ4n) is 2.31. The van der Waals surface area contributed by atoms with Gasteiger partial charge in [-0.05, 0) is 37.5 Å².